The molecule has 0 aromatic heterocycles. The van der Waals surface area contributed by atoms with Crippen molar-refractivity contribution in [3.05, 3.63) is 0 Å². The molecule has 0 aromatic carbocycles. The number of ether oxygens (including phenoxy) is 1. The molecular weight excluding hydrogens is 192 g/mol. The second-order valence-electron chi connectivity index (χ2n) is 4.12. The van der Waals surface area contributed by atoms with Crippen LogP contribution in [0.15, 0.2) is 0 Å². The van der Waals surface area contributed by atoms with Gasteiger partial charge >= 0.3 is 0 Å². The molecule has 0 aliphatic carbocycles. The molecule has 0 aromatic rings. The third-order valence-corrected chi connectivity index (χ3v) is 2.93. The molecule has 1 heterocycles. The summed E-state index contributed by atoms with van der Waals surface area (Å²) >= 11 is 0. The topological polar surface area (TPSA) is 41.6 Å². The summed E-state index contributed by atoms with van der Waals surface area (Å²) in [4.78, 5) is 13.7. The summed E-state index contributed by atoms with van der Waals surface area (Å²) in [7, 11) is 0. The van der Waals surface area contributed by atoms with Crippen LogP contribution >= 0.6 is 0 Å². The fourth-order valence-electron chi connectivity index (χ4n) is 1.80. The van der Waals surface area contributed by atoms with Gasteiger partial charge < -0.3 is 15.0 Å². The standard InChI is InChI=1S/C11H22N2O2/c1-4-7-15-8-11(14)13-6-5-12-9(2)10(13)3/h9-10,12H,4-8H2,1-3H3. The number of amides is 1. The number of carbonyl (C=O) groups is 1. The largest absolute Gasteiger partial charge is 0.372 e. The van der Waals surface area contributed by atoms with E-state index in [-0.39, 0.29) is 18.6 Å². The number of rotatable bonds is 4. The Morgan fingerprint density at radius 3 is 2.93 bits per heavy atom. The zero-order chi connectivity index (χ0) is 11.3. The maximum Gasteiger partial charge on any atom is 0.248 e. The summed E-state index contributed by atoms with van der Waals surface area (Å²) in [5, 5.41) is 3.35. The van der Waals surface area contributed by atoms with Crippen molar-refractivity contribution in [2.24, 2.45) is 0 Å². The lowest BCUT2D eigenvalue weighted by Crippen LogP contribution is -2.57. The number of nitrogens with zero attached hydrogens (tertiary/aromatic N) is 1. The highest BCUT2D eigenvalue weighted by Crippen LogP contribution is 2.09. The maximum absolute atomic E-state index is 11.8. The SMILES string of the molecule is CCCOCC(=O)N1CCNC(C)C1C. The first-order chi connectivity index (χ1) is 7.16. The Labute approximate surface area is 92.0 Å². The van der Waals surface area contributed by atoms with Gasteiger partial charge in [0.05, 0.1) is 0 Å². The van der Waals surface area contributed by atoms with E-state index in [0.29, 0.717) is 12.6 Å². The van der Waals surface area contributed by atoms with Crippen LogP contribution in [-0.2, 0) is 9.53 Å². The minimum Gasteiger partial charge on any atom is -0.372 e. The average Bonchev–Trinajstić information content (AvgIpc) is 2.22. The van der Waals surface area contributed by atoms with Gasteiger partial charge in [0.25, 0.3) is 0 Å². The third-order valence-electron chi connectivity index (χ3n) is 2.93. The Bertz CT molecular complexity index is 209. The molecule has 0 bridgehead atoms. The Balaban J connectivity index is 2.37. The number of carbonyl (C=O) groups excluding carboxylic acids is 1. The van der Waals surface area contributed by atoms with Crippen molar-refractivity contribution in [3.8, 4) is 0 Å². The summed E-state index contributed by atoms with van der Waals surface area (Å²) < 4.78 is 5.27. The van der Waals surface area contributed by atoms with E-state index in [2.05, 4.69) is 19.2 Å². The minimum atomic E-state index is 0.115. The lowest BCUT2D eigenvalue weighted by Gasteiger charge is -2.38. The Morgan fingerprint density at radius 2 is 2.27 bits per heavy atom. The van der Waals surface area contributed by atoms with Crippen LogP contribution in [-0.4, -0.2) is 49.2 Å². The molecular formula is C11H22N2O2. The van der Waals surface area contributed by atoms with Gasteiger partial charge in [0.2, 0.25) is 5.91 Å². The fourth-order valence-corrected chi connectivity index (χ4v) is 1.80. The van der Waals surface area contributed by atoms with Gasteiger partial charge in [0.15, 0.2) is 0 Å². The third kappa shape index (κ3) is 3.47. The highest BCUT2D eigenvalue weighted by Gasteiger charge is 2.27. The van der Waals surface area contributed by atoms with E-state index in [4.69, 9.17) is 4.74 Å². The number of hydrogen-bond acceptors (Lipinski definition) is 3. The van der Waals surface area contributed by atoms with Crippen molar-refractivity contribution in [2.45, 2.75) is 39.3 Å². The van der Waals surface area contributed by atoms with Crippen LogP contribution in [0.2, 0.25) is 0 Å². The highest BCUT2D eigenvalue weighted by molar-refractivity contribution is 5.78. The molecule has 88 valence electrons. The molecule has 0 spiro atoms. The van der Waals surface area contributed by atoms with Crippen LogP contribution < -0.4 is 5.32 Å². The molecule has 0 saturated carbocycles. The summed E-state index contributed by atoms with van der Waals surface area (Å²) in [6, 6.07) is 0.630. The second-order valence-corrected chi connectivity index (χ2v) is 4.12. The first kappa shape index (κ1) is 12.5. The molecule has 1 aliphatic heterocycles. The van der Waals surface area contributed by atoms with Crippen molar-refractivity contribution in [2.75, 3.05) is 26.3 Å². The van der Waals surface area contributed by atoms with E-state index in [1.807, 2.05) is 11.8 Å². The van der Waals surface area contributed by atoms with Gasteiger partial charge in [-0.3, -0.25) is 4.79 Å². The van der Waals surface area contributed by atoms with Crippen LogP contribution in [0.1, 0.15) is 27.2 Å². The first-order valence-electron chi connectivity index (χ1n) is 5.77. The predicted octanol–water partition coefficient (Wildman–Crippen LogP) is 0.622. The molecule has 1 N–H and O–H groups in total. The van der Waals surface area contributed by atoms with E-state index in [0.717, 1.165) is 19.5 Å². The Morgan fingerprint density at radius 1 is 1.53 bits per heavy atom. The number of nitrogens with one attached hydrogen (secondary N) is 1. The molecule has 15 heavy (non-hydrogen) atoms. The summed E-state index contributed by atoms with van der Waals surface area (Å²) in [5.41, 5.74) is 0. The van der Waals surface area contributed by atoms with Gasteiger partial charge in [-0.1, -0.05) is 6.92 Å². The van der Waals surface area contributed by atoms with Gasteiger partial charge in [-0.15, -0.1) is 0 Å². The molecule has 2 atom stereocenters. The van der Waals surface area contributed by atoms with E-state index in [1.165, 1.54) is 0 Å². The molecule has 4 heteroatoms. The van der Waals surface area contributed by atoms with Gasteiger partial charge in [-0.2, -0.15) is 0 Å². The molecule has 1 rings (SSSR count). The van der Waals surface area contributed by atoms with Crippen molar-refractivity contribution < 1.29 is 9.53 Å². The van der Waals surface area contributed by atoms with E-state index in [9.17, 15) is 4.79 Å². The van der Waals surface area contributed by atoms with Crippen LogP contribution in [0.3, 0.4) is 0 Å². The second kappa shape index (κ2) is 6.08. The lowest BCUT2D eigenvalue weighted by atomic mass is 10.1. The zero-order valence-corrected chi connectivity index (χ0v) is 9.95. The monoisotopic (exact) mass is 214 g/mol. The van der Waals surface area contributed by atoms with Crippen molar-refractivity contribution in [3.63, 3.8) is 0 Å². The zero-order valence-electron chi connectivity index (χ0n) is 9.95. The molecule has 2 unspecified atom stereocenters. The fraction of sp³-hybridized carbons (Fsp3) is 0.909. The van der Waals surface area contributed by atoms with Crippen LogP contribution in [0.25, 0.3) is 0 Å². The smallest absolute Gasteiger partial charge is 0.248 e. The summed E-state index contributed by atoms with van der Waals surface area (Å²) in [5.74, 6) is 0.115. The first-order valence-corrected chi connectivity index (χ1v) is 5.77. The van der Waals surface area contributed by atoms with Gasteiger partial charge in [-0.25, -0.2) is 0 Å². The average molecular weight is 214 g/mol. The van der Waals surface area contributed by atoms with Crippen molar-refractivity contribution in [1.82, 2.24) is 10.2 Å². The molecule has 1 saturated heterocycles. The maximum atomic E-state index is 11.8. The van der Waals surface area contributed by atoms with Crippen molar-refractivity contribution in [1.29, 1.82) is 0 Å². The number of piperazine rings is 1. The minimum absolute atomic E-state index is 0.115. The summed E-state index contributed by atoms with van der Waals surface area (Å²) in [6.07, 6.45) is 0.959. The summed E-state index contributed by atoms with van der Waals surface area (Å²) in [6.45, 7) is 8.79. The molecule has 1 fully saturated rings. The van der Waals surface area contributed by atoms with Crippen LogP contribution in [0.4, 0.5) is 0 Å². The van der Waals surface area contributed by atoms with E-state index >= 15 is 0 Å². The van der Waals surface area contributed by atoms with Crippen LogP contribution in [0.5, 0.6) is 0 Å². The lowest BCUT2D eigenvalue weighted by molar-refractivity contribution is -0.139. The number of hydrogen-bond donors (Lipinski definition) is 1. The van der Waals surface area contributed by atoms with E-state index < -0.39 is 0 Å². The normalized spacial score (nSPS) is 26.7. The van der Waals surface area contributed by atoms with Gasteiger partial charge in [0, 0.05) is 31.8 Å². The Kier molecular flexibility index (Phi) is 5.05. The highest BCUT2D eigenvalue weighted by atomic mass is 16.5. The van der Waals surface area contributed by atoms with Gasteiger partial charge in [0.1, 0.15) is 6.61 Å². The van der Waals surface area contributed by atoms with Crippen LogP contribution in [0, 0.1) is 0 Å². The van der Waals surface area contributed by atoms with Crippen molar-refractivity contribution >= 4 is 5.91 Å². The quantitative estimate of drug-likeness (QED) is 0.698. The van der Waals surface area contributed by atoms with E-state index in [1.54, 1.807) is 0 Å². The predicted molar refractivity (Wildman–Crippen MR) is 59.7 cm³/mol. The molecule has 0 radical (unpaired) electrons. The molecule has 4 nitrogen and oxygen atoms in total. The molecule has 1 aliphatic rings. The van der Waals surface area contributed by atoms with Gasteiger partial charge in [-0.05, 0) is 20.3 Å². The molecule has 1 amide bonds. The Hall–Kier alpha value is -0.610.